The van der Waals surface area contributed by atoms with Gasteiger partial charge in [0.05, 0.1) is 16.6 Å². The van der Waals surface area contributed by atoms with E-state index in [1.807, 2.05) is 0 Å². The normalized spacial score (nSPS) is 19.2. The summed E-state index contributed by atoms with van der Waals surface area (Å²) < 4.78 is 41.7. The predicted molar refractivity (Wildman–Crippen MR) is 90.4 cm³/mol. The maximum Gasteiger partial charge on any atom is 0.410 e. The highest BCUT2D eigenvalue weighted by Gasteiger charge is 2.47. The van der Waals surface area contributed by atoms with Crippen LogP contribution in [0.25, 0.3) is 0 Å². The predicted octanol–water partition coefficient (Wildman–Crippen LogP) is 3.56. The van der Waals surface area contributed by atoms with Gasteiger partial charge in [0, 0.05) is 6.42 Å². The van der Waals surface area contributed by atoms with Gasteiger partial charge in [-0.1, -0.05) is 30.3 Å². The molecular weight excluding hydrogens is 415 g/mol. The van der Waals surface area contributed by atoms with Gasteiger partial charge >= 0.3 is 6.18 Å². The summed E-state index contributed by atoms with van der Waals surface area (Å²) in [7, 11) is 0. The molecule has 2 atom stereocenters. The van der Waals surface area contributed by atoms with E-state index in [-0.39, 0.29) is 29.0 Å². The minimum absolute atomic E-state index is 0.0783. The highest BCUT2D eigenvalue weighted by molar-refractivity contribution is 9.10. The molecule has 1 amide bonds. The Balaban J connectivity index is 2.03. The number of hydrogen-bond acceptors (Lipinski definition) is 4. The van der Waals surface area contributed by atoms with Gasteiger partial charge in [-0.05, 0) is 21.5 Å². The molecule has 0 radical (unpaired) electrons. The number of anilines is 1. The molecule has 0 saturated heterocycles. The average Bonchev–Trinajstić information content (AvgIpc) is 2.95. The number of nitriles is 1. The number of nitrogens with zero attached hydrogens (tertiary/aromatic N) is 3. The molecule has 2 unspecified atom stereocenters. The molecule has 2 heterocycles. The molecule has 0 fully saturated rings. The molecular formula is C16H13BrF3N5O. The molecule has 10 heteroatoms. The monoisotopic (exact) mass is 427 g/mol. The third-order valence-electron chi connectivity index (χ3n) is 4.04. The summed E-state index contributed by atoms with van der Waals surface area (Å²) >= 11 is 3.17. The number of amides is 1. The maximum absolute atomic E-state index is 13.6. The van der Waals surface area contributed by atoms with Crippen LogP contribution in [0.1, 0.15) is 34.6 Å². The first-order chi connectivity index (χ1) is 12.3. The van der Waals surface area contributed by atoms with Crippen LogP contribution in [0.3, 0.4) is 0 Å². The topological polar surface area (TPSA) is 82.7 Å². The van der Waals surface area contributed by atoms with E-state index < -0.39 is 24.2 Å². The Morgan fingerprint density at radius 1 is 1.42 bits per heavy atom. The number of carbonyl (C=O) groups excluding carboxylic acids is 1. The SMILES string of the molecule is N#CCNC(=O)c1nn2c(c1Br)NC(c1ccccc1)CC2C(F)(F)F. The summed E-state index contributed by atoms with van der Waals surface area (Å²) in [5.41, 5.74) is 0.502. The lowest BCUT2D eigenvalue weighted by Crippen LogP contribution is -2.36. The van der Waals surface area contributed by atoms with Crippen LogP contribution in [0, 0.1) is 11.3 Å². The highest BCUT2D eigenvalue weighted by Crippen LogP contribution is 2.46. The molecule has 2 N–H and O–H groups in total. The molecule has 26 heavy (non-hydrogen) atoms. The fourth-order valence-electron chi connectivity index (χ4n) is 2.84. The van der Waals surface area contributed by atoms with E-state index in [2.05, 4.69) is 31.7 Å². The van der Waals surface area contributed by atoms with Crippen molar-refractivity contribution < 1.29 is 18.0 Å². The van der Waals surface area contributed by atoms with Gasteiger partial charge in [-0.25, -0.2) is 4.68 Å². The fourth-order valence-corrected chi connectivity index (χ4v) is 3.40. The van der Waals surface area contributed by atoms with Crippen molar-refractivity contribution in [3.8, 4) is 6.07 Å². The third kappa shape index (κ3) is 3.39. The number of aromatic nitrogens is 2. The van der Waals surface area contributed by atoms with Crippen LogP contribution in [-0.2, 0) is 0 Å². The number of hydrogen-bond donors (Lipinski definition) is 2. The zero-order chi connectivity index (χ0) is 18.9. The summed E-state index contributed by atoms with van der Waals surface area (Å²) in [6.45, 7) is -0.268. The van der Waals surface area contributed by atoms with Gasteiger partial charge in [0.2, 0.25) is 0 Å². The zero-order valence-electron chi connectivity index (χ0n) is 13.2. The Bertz CT molecular complexity index is 859. The number of fused-ring (bicyclic) bond motifs is 1. The molecule has 1 aliphatic rings. The molecule has 2 aromatic rings. The molecule has 1 aromatic heterocycles. The fraction of sp³-hybridized carbons (Fsp3) is 0.312. The minimum atomic E-state index is -4.53. The first-order valence-corrected chi connectivity index (χ1v) is 8.43. The van der Waals surface area contributed by atoms with Gasteiger partial charge in [-0.15, -0.1) is 0 Å². The van der Waals surface area contributed by atoms with Crippen LogP contribution in [0.15, 0.2) is 34.8 Å². The second-order valence-corrected chi connectivity index (χ2v) is 6.49. The first-order valence-electron chi connectivity index (χ1n) is 7.64. The van der Waals surface area contributed by atoms with Gasteiger partial charge in [0.1, 0.15) is 12.4 Å². The van der Waals surface area contributed by atoms with Crippen LogP contribution in [0.5, 0.6) is 0 Å². The Kier molecular flexibility index (Phi) is 4.91. The summed E-state index contributed by atoms with van der Waals surface area (Å²) in [6, 6.07) is 8.04. The second-order valence-electron chi connectivity index (χ2n) is 5.70. The van der Waals surface area contributed by atoms with Crippen molar-refractivity contribution >= 4 is 27.7 Å². The van der Waals surface area contributed by atoms with E-state index in [0.29, 0.717) is 5.56 Å². The zero-order valence-corrected chi connectivity index (χ0v) is 14.8. The Labute approximate surface area is 155 Å². The van der Waals surface area contributed by atoms with Crippen LogP contribution in [0.4, 0.5) is 19.0 Å². The van der Waals surface area contributed by atoms with Crippen molar-refractivity contribution in [3.05, 3.63) is 46.1 Å². The van der Waals surface area contributed by atoms with Crippen molar-refractivity contribution in [2.75, 3.05) is 11.9 Å². The Morgan fingerprint density at radius 3 is 2.73 bits per heavy atom. The second kappa shape index (κ2) is 6.99. The van der Waals surface area contributed by atoms with Gasteiger partial charge in [-0.3, -0.25) is 4.79 Å². The first kappa shape index (κ1) is 18.3. The third-order valence-corrected chi connectivity index (χ3v) is 4.79. The Hall–Kier alpha value is -2.54. The van der Waals surface area contributed by atoms with Crippen LogP contribution in [-0.4, -0.2) is 28.4 Å². The number of nitrogens with one attached hydrogen (secondary N) is 2. The molecule has 6 nitrogen and oxygen atoms in total. The van der Waals surface area contributed by atoms with Gasteiger partial charge in [0.25, 0.3) is 5.91 Å². The van der Waals surface area contributed by atoms with E-state index >= 15 is 0 Å². The van der Waals surface area contributed by atoms with Crippen LogP contribution in [0.2, 0.25) is 0 Å². The van der Waals surface area contributed by atoms with Gasteiger partial charge in [-0.2, -0.15) is 23.5 Å². The van der Waals surface area contributed by atoms with E-state index in [0.717, 1.165) is 4.68 Å². The summed E-state index contributed by atoms with van der Waals surface area (Å²) in [5.74, 6) is -0.645. The molecule has 0 spiro atoms. The summed E-state index contributed by atoms with van der Waals surface area (Å²) in [4.78, 5) is 12.1. The van der Waals surface area contributed by atoms with Crippen LogP contribution < -0.4 is 10.6 Å². The smallest absolute Gasteiger partial charge is 0.362 e. The van der Waals surface area contributed by atoms with Crippen molar-refractivity contribution in [3.63, 3.8) is 0 Å². The molecule has 0 aliphatic carbocycles. The lowest BCUT2D eigenvalue weighted by atomic mass is 9.97. The van der Waals surface area contributed by atoms with Gasteiger partial charge in [0.15, 0.2) is 11.7 Å². The molecule has 0 bridgehead atoms. The van der Waals surface area contributed by atoms with Crippen molar-refractivity contribution in [1.82, 2.24) is 15.1 Å². The molecule has 0 saturated carbocycles. The molecule has 1 aliphatic heterocycles. The van der Waals surface area contributed by atoms with Crippen molar-refractivity contribution in [2.45, 2.75) is 24.7 Å². The van der Waals surface area contributed by atoms with Crippen molar-refractivity contribution in [2.24, 2.45) is 0 Å². The average molecular weight is 428 g/mol. The number of halogens is 4. The minimum Gasteiger partial charge on any atom is -0.362 e. The largest absolute Gasteiger partial charge is 0.410 e. The number of alkyl halides is 3. The highest BCUT2D eigenvalue weighted by atomic mass is 79.9. The number of carbonyl (C=O) groups is 1. The Morgan fingerprint density at radius 2 is 2.12 bits per heavy atom. The lowest BCUT2D eigenvalue weighted by molar-refractivity contribution is -0.173. The maximum atomic E-state index is 13.6. The van der Waals surface area contributed by atoms with E-state index in [1.54, 1.807) is 36.4 Å². The van der Waals surface area contributed by atoms with E-state index in [4.69, 9.17) is 5.26 Å². The van der Waals surface area contributed by atoms with Crippen molar-refractivity contribution in [1.29, 1.82) is 5.26 Å². The quantitative estimate of drug-likeness (QED) is 0.733. The van der Waals surface area contributed by atoms with E-state index in [9.17, 15) is 18.0 Å². The summed E-state index contributed by atoms with van der Waals surface area (Å²) in [6.07, 6.45) is -4.79. The lowest BCUT2D eigenvalue weighted by Gasteiger charge is -2.33. The number of benzene rings is 1. The standard InChI is InChI=1S/C16H13BrF3N5O/c17-12-13(15(26)22-7-6-21)24-25-11(16(18,19)20)8-10(23-14(12)25)9-4-2-1-3-5-9/h1-5,10-11,23H,7-8H2,(H,22,26). The van der Waals surface area contributed by atoms with Gasteiger partial charge < -0.3 is 10.6 Å². The molecule has 3 rings (SSSR count). The molecule has 1 aromatic carbocycles. The summed E-state index contributed by atoms with van der Waals surface area (Å²) in [5, 5.41) is 17.7. The number of rotatable bonds is 3. The van der Waals surface area contributed by atoms with Crippen LogP contribution >= 0.6 is 15.9 Å². The molecule has 136 valence electrons. The van der Waals surface area contributed by atoms with E-state index in [1.165, 1.54) is 0 Å².